The highest BCUT2D eigenvalue weighted by molar-refractivity contribution is 8.26. The van der Waals surface area contributed by atoms with Crippen LogP contribution in [0.15, 0.2) is 29.2 Å². The first kappa shape index (κ1) is 17.8. The van der Waals surface area contributed by atoms with Crippen molar-refractivity contribution in [3.8, 4) is 0 Å². The van der Waals surface area contributed by atoms with Gasteiger partial charge in [0.05, 0.1) is 4.91 Å². The van der Waals surface area contributed by atoms with Crippen LogP contribution in [0.5, 0.6) is 0 Å². The first-order chi connectivity index (χ1) is 10.9. The van der Waals surface area contributed by atoms with Gasteiger partial charge < -0.3 is 10.0 Å². The Morgan fingerprint density at radius 2 is 2.09 bits per heavy atom. The number of nitrogens with zero attached hydrogens (tertiary/aromatic N) is 2. The standard InChI is InChI=1S/C15H15ClN2O3S2/c1-17(7-6-16)11-4-2-10(3-5-11)8-12-14(21)18(9-13(19)20)15(22)23-12/h2-5,8H,6-7,9H2,1H3,(H,19,20)/b12-8+. The molecule has 0 radical (unpaired) electrons. The van der Waals surface area contributed by atoms with E-state index in [1.165, 1.54) is 0 Å². The molecule has 1 aliphatic heterocycles. The molecule has 1 heterocycles. The van der Waals surface area contributed by atoms with E-state index >= 15 is 0 Å². The van der Waals surface area contributed by atoms with Crippen LogP contribution in [0.25, 0.3) is 6.08 Å². The first-order valence-electron chi connectivity index (χ1n) is 6.76. The molecule has 122 valence electrons. The zero-order chi connectivity index (χ0) is 17.0. The third-order valence-electron chi connectivity index (χ3n) is 3.22. The van der Waals surface area contributed by atoms with Crippen LogP contribution in [0.4, 0.5) is 5.69 Å². The van der Waals surface area contributed by atoms with E-state index in [4.69, 9.17) is 28.9 Å². The van der Waals surface area contributed by atoms with Crippen LogP contribution in [0.3, 0.4) is 0 Å². The zero-order valence-corrected chi connectivity index (χ0v) is 14.7. The number of anilines is 1. The molecule has 8 heteroatoms. The van der Waals surface area contributed by atoms with Crippen molar-refractivity contribution >= 4 is 63.5 Å². The van der Waals surface area contributed by atoms with Crippen molar-refractivity contribution in [1.82, 2.24) is 4.90 Å². The van der Waals surface area contributed by atoms with Gasteiger partial charge in [-0.1, -0.05) is 36.1 Å². The maximum Gasteiger partial charge on any atom is 0.323 e. The minimum Gasteiger partial charge on any atom is -0.480 e. The van der Waals surface area contributed by atoms with E-state index in [-0.39, 0.29) is 10.2 Å². The molecule has 0 saturated carbocycles. The summed E-state index contributed by atoms with van der Waals surface area (Å²) in [5.41, 5.74) is 1.88. The van der Waals surface area contributed by atoms with Gasteiger partial charge in [-0.2, -0.15) is 0 Å². The molecule has 0 unspecified atom stereocenters. The third-order valence-corrected chi connectivity index (χ3v) is 4.77. The van der Waals surface area contributed by atoms with Gasteiger partial charge in [0.1, 0.15) is 10.9 Å². The number of hydrogen-bond acceptors (Lipinski definition) is 5. The normalized spacial score (nSPS) is 16.3. The molecule has 1 aromatic rings. The monoisotopic (exact) mass is 370 g/mol. The molecule has 0 aliphatic carbocycles. The maximum absolute atomic E-state index is 12.2. The minimum absolute atomic E-state index is 0.266. The molecule has 5 nitrogen and oxygen atoms in total. The number of thiocarbonyl (C=S) groups is 1. The van der Waals surface area contributed by atoms with Gasteiger partial charge in [0.2, 0.25) is 0 Å². The molecule has 1 saturated heterocycles. The number of carboxylic acid groups (broad SMARTS) is 1. The number of alkyl halides is 1. The van der Waals surface area contributed by atoms with Crippen molar-refractivity contribution in [1.29, 1.82) is 0 Å². The third kappa shape index (κ3) is 4.46. The largest absolute Gasteiger partial charge is 0.480 e. The van der Waals surface area contributed by atoms with E-state index in [0.717, 1.165) is 34.5 Å². The maximum atomic E-state index is 12.2. The van der Waals surface area contributed by atoms with Gasteiger partial charge in [-0.15, -0.1) is 11.6 Å². The van der Waals surface area contributed by atoms with E-state index in [0.29, 0.717) is 10.8 Å². The molecule has 1 fully saturated rings. The summed E-state index contributed by atoms with van der Waals surface area (Å²) in [5, 5.41) is 8.82. The fourth-order valence-electron chi connectivity index (χ4n) is 2.00. The van der Waals surface area contributed by atoms with Crippen molar-refractivity contribution in [2.24, 2.45) is 0 Å². The molecule has 0 bridgehead atoms. The van der Waals surface area contributed by atoms with Crippen molar-refractivity contribution in [3.05, 3.63) is 34.7 Å². The number of aliphatic carboxylic acids is 1. The quantitative estimate of drug-likeness (QED) is 0.472. The second kappa shape index (κ2) is 7.81. The SMILES string of the molecule is CN(CCCl)c1ccc(/C=C2/SC(=S)N(CC(=O)O)C2=O)cc1. The number of carboxylic acids is 1. The fourth-order valence-corrected chi connectivity index (χ4v) is 3.51. The highest BCUT2D eigenvalue weighted by atomic mass is 35.5. The highest BCUT2D eigenvalue weighted by Crippen LogP contribution is 2.32. The second-order valence-corrected chi connectivity index (χ2v) is 6.92. The second-order valence-electron chi connectivity index (χ2n) is 4.86. The van der Waals surface area contributed by atoms with Gasteiger partial charge in [0, 0.05) is 25.2 Å². The molecule has 0 aromatic heterocycles. The molecular weight excluding hydrogens is 356 g/mol. The van der Waals surface area contributed by atoms with Gasteiger partial charge in [0.25, 0.3) is 5.91 Å². The summed E-state index contributed by atoms with van der Waals surface area (Å²) in [5.74, 6) is -0.912. The van der Waals surface area contributed by atoms with Gasteiger partial charge in [-0.05, 0) is 23.8 Å². The van der Waals surface area contributed by atoms with E-state index in [1.54, 1.807) is 6.08 Å². The Kier molecular flexibility index (Phi) is 6.04. The molecule has 2 rings (SSSR count). The molecule has 1 aromatic carbocycles. The number of benzene rings is 1. The van der Waals surface area contributed by atoms with Crippen LogP contribution in [-0.4, -0.2) is 52.2 Å². The number of halogens is 1. The smallest absolute Gasteiger partial charge is 0.323 e. The van der Waals surface area contributed by atoms with Crippen LogP contribution in [-0.2, 0) is 9.59 Å². The lowest BCUT2D eigenvalue weighted by molar-refractivity contribution is -0.140. The lowest BCUT2D eigenvalue weighted by atomic mass is 10.2. The Bertz CT molecular complexity index is 661. The first-order valence-corrected chi connectivity index (χ1v) is 8.52. The predicted molar refractivity (Wildman–Crippen MR) is 97.9 cm³/mol. The van der Waals surface area contributed by atoms with Crippen molar-refractivity contribution in [2.75, 3.05) is 30.9 Å². The lowest BCUT2D eigenvalue weighted by Gasteiger charge is -2.17. The van der Waals surface area contributed by atoms with Crippen LogP contribution in [0.1, 0.15) is 5.56 Å². The van der Waals surface area contributed by atoms with Crippen LogP contribution >= 0.6 is 35.6 Å². The number of amides is 1. The van der Waals surface area contributed by atoms with Crippen LogP contribution in [0, 0.1) is 0 Å². The summed E-state index contributed by atoms with van der Waals surface area (Å²) >= 11 is 11.9. The lowest BCUT2D eigenvalue weighted by Crippen LogP contribution is -2.33. The zero-order valence-electron chi connectivity index (χ0n) is 12.4. The summed E-state index contributed by atoms with van der Waals surface area (Å²) in [6.45, 7) is 0.332. The summed E-state index contributed by atoms with van der Waals surface area (Å²) < 4.78 is 0.266. The van der Waals surface area contributed by atoms with E-state index in [9.17, 15) is 9.59 Å². The topological polar surface area (TPSA) is 60.9 Å². The summed E-state index contributed by atoms with van der Waals surface area (Å²) in [4.78, 5) is 26.5. The van der Waals surface area contributed by atoms with Crippen molar-refractivity contribution < 1.29 is 14.7 Å². The van der Waals surface area contributed by atoms with Gasteiger partial charge >= 0.3 is 5.97 Å². The van der Waals surface area contributed by atoms with Gasteiger partial charge in [0.15, 0.2) is 0 Å². The molecule has 0 spiro atoms. The number of thioether (sulfide) groups is 1. The van der Waals surface area contributed by atoms with E-state index in [2.05, 4.69) is 0 Å². The van der Waals surface area contributed by atoms with Gasteiger partial charge in [-0.25, -0.2) is 0 Å². The number of carbonyl (C=O) groups is 2. The number of rotatable bonds is 6. The molecule has 0 atom stereocenters. The highest BCUT2D eigenvalue weighted by Gasteiger charge is 2.33. The van der Waals surface area contributed by atoms with Gasteiger partial charge in [-0.3, -0.25) is 14.5 Å². The van der Waals surface area contributed by atoms with E-state index < -0.39 is 12.5 Å². The Morgan fingerprint density at radius 1 is 1.43 bits per heavy atom. The molecule has 1 N–H and O–H groups in total. The fraction of sp³-hybridized carbons (Fsp3) is 0.267. The van der Waals surface area contributed by atoms with Crippen molar-refractivity contribution in [3.63, 3.8) is 0 Å². The van der Waals surface area contributed by atoms with Crippen LogP contribution < -0.4 is 4.90 Å². The Morgan fingerprint density at radius 3 is 2.65 bits per heavy atom. The van der Waals surface area contributed by atoms with Crippen molar-refractivity contribution in [2.45, 2.75) is 0 Å². The van der Waals surface area contributed by atoms with Crippen LogP contribution in [0.2, 0.25) is 0 Å². The molecule has 23 heavy (non-hydrogen) atoms. The summed E-state index contributed by atoms with van der Waals surface area (Å²) in [6.07, 6.45) is 1.71. The Balaban J connectivity index is 2.14. The number of carbonyl (C=O) groups excluding carboxylic acids is 1. The minimum atomic E-state index is -1.09. The molecular formula is C15H15ClN2O3S2. The predicted octanol–water partition coefficient (Wildman–Crippen LogP) is 2.65. The summed E-state index contributed by atoms with van der Waals surface area (Å²) in [7, 11) is 1.95. The Labute approximate surface area is 148 Å². The van der Waals surface area contributed by atoms with E-state index in [1.807, 2.05) is 36.2 Å². The Hall–Kier alpha value is -1.57. The molecule has 1 aliphatic rings. The summed E-state index contributed by atoms with van der Waals surface area (Å²) in [6, 6.07) is 7.67. The molecule has 1 amide bonds. The average Bonchev–Trinajstić information content (AvgIpc) is 2.75. The number of hydrogen-bond donors (Lipinski definition) is 1. The average molecular weight is 371 g/mol.